The van der Waals surface area contributed by atoms with Gasteiger partial charge in [0, 0.05) is 30.5 Å². The van der Waals surface area contributed by atoms with Gasteiger partial charge in [-0.15, -0.1) is 0 Å². The summed E-state index contributed by atoms with van der Waals surface area (Å²) < 4.78 is 5.59. The lowest BCUT2D eigenvalue weighted by Crippen LogP contribution is -2.34. The molecule has 0 spiro atoms. The van der Waals surface area contributed by atoms with Crippen LogP contribution in [0.1, 0.15) is 34.8 Å². The summed E-state index contributed by atoms with van der Waals surface area (Å²) in [5.74, 6) is 0.580. The summed E-state index contributed by atoms with van der Waals surface area (Å²) in [5.41, 5.74) is 1.60. The summed E-state index contributed by atoms with van der Waals surface area (Å²) >= 11 is 0. The number of carbonyl (C=O) groups is 2. The Bertz CT molecular complexity index is 716. The number of hydrogen-bond donors (Lipinski definition) is 2. The molecule has 1 aliphatic rings. The molecule has 2 amide bonds. The van der Waals surface area contributed by atoms with Gasteiger partial charge in [0.15, 0.2) is 0 Å². The molecule has 1 unspecified atom stereocenters. The zero-order valence-corrected chi connectivity index (χ0v) is 13.3. The van der Waals surface area contributed by atoms with Gasteiger partial charge >= 0.3 is 0 Å². The van der Waals surface area contributed by atoms with Crippen molar-refractivity contribution in [2.75, 3.05) is 13.2 Å². The fourth-order valence-electron chi connectivity index (χ4n) is 2.74. The van der Waals surface area contributed by atoms with Gasteiger partial charge in [0.1, 0.15) is 5.75 Å². The van der Waals surface area contributed by atoms with Crippen molar-refractivity contribution in [1.82, 2.24) is 10.6 Å². The number of carbonyl (C=O) groups excluding carboxylic acids is 2. The SMILES string of the molecule is O=C(CCNC(=O)c1ccccc1)NC1CCOc2ccccc21. The summed E-state index contributed by atoms with van der Waals surface area (Å²) in [6.45, 7) is 0.900. The van der Waals surface area contributed by atoms with Crippen molar-refractivity contribution in [1.29, 1.82) is 0 Å². The van der Waals surface area contributed by atoms with Crippen LogP contribution in [0.25, 0.3) is 0 Å². The van der Waals surface area contributed by atoms with E-state index in [0.717, 1.165) is 17.7 Å². The lowest BCUT2D eigenvalue weighted by molar-refractivity contribution is -0.121. The first-order valence-corrected chi connectivity index (χ1v) is 8.08. The van der Waals surface area contributed by atoms with Crippen molar-refractivity contribution in [2.24, 2.45) is 0 Å². The van der Waals surface area contributed by atoms with Crippen LogP contribution in [0.5, 0.6) is 5.75 Å². The van der Waals surface area contributed by atoms with E-state index < -0.39 is 0 Å². The van der Waals surface area contributed by atoms with Gasteiger partial charge < -0.3 is 15.4 Å². The Kier molecular flexibility index (Phi) is 5.11. The van der Waals surface area contributed by atoms with Gasteiger partial charge in [-0.2, -0.15) is 0 Å². The highest BCUT2D eigenvalue weighted by Crippen LogP contribution is 2.31. The third-order valence-corrected chi connectivity index (χ3v) is 3.97. The maximum absolute atomic E-state index is 12.1. The number of rotatable bonds is 5. The van der Waals surface area contributed by atoms with Gasteiger partial charge in [0.05, 0.1) is 12.6 Å². The summed E-state index contributed by atoms with van der Waals surface area (Å²) in [4.78, 5) is 24.1. The van der Waals surface area contributed by atoms with Crippen LogP contribution >= 0.6 is 0 Å². The quantitative estimate of drug-likeness (QED) is 0.888. The van der Waals surface area contributed by atoms with Crippen LogP contribution < -0.4 is 15.4 Å². The van der Waals surface area contributed by atoms with Gasteiger partial charge in [-0.3, -0.25) is 9.59 Å². The highest BCUT2D eigenvalue weighted by Gasteiger charge is 2.22. The van der Waals surface area contributed by atoms with Crippen molar-refractivity contribution in [2.45, 2.75) is 18.9 Å². The topological polar surface area (TPSA) is 67.4 Å². The molecular formula is C19H20N2O3. The summed E-state index contributed by atoms with van der Waals surface area (Å²) in [6.07, 6.45) is 0.997. The van der Waals surface area contributed by atoms with E-state index in [4.69, 9.17) is 4.74 Å². The zero-order valence-electron chi connectivity index (χ0n) is 13.3. The molecule has 0 saturated heterocycles. The highest BCUT2D eigenvalue weighted by atomic mass is 16.5. The van der Waals surface area contributed by atoms with Crippen LogP contribution in [-0.4, -0.2) is 25.0 Å². The summed E-state index contributed by atoms with van der Waals surface area (Å²) in [5, 5.41) is 5.78. The van der Waals surface area contributed by atoms with E-state index in [2.05, 4.69) is 10.6 Å². The van der Waals surface area contributed by atoms with Crippen LogP contribution in [0.4, 0.5) is 0 Å². The highest BCUT2D eigenvalue weighted by molar-refractivity contribution is 5.94. The zero-order chi connectivity index (χ0) is 16.8. The molecule has 0 aliphatic carbocycles. The molecule has 2 aromatic rings. The fourth-order valence-corrected chi connectivity index (χ4v) is 2.74. The Hall–Kier alpha value is -2.82. The molecule has 3 rings (SSSR count). The summed E-state index contributed by atoms with van der Waals surface area (Å²) in [7, 11) is 0. The molecule has 0 aromatic heterocycles. The van der Waals surface area contributed by atoms with Gasteiger partial charge in [-0.25, -0.2) is 0 Å². The number of para-hydroxylation sites is 1. The van der Waals surface area contributed by atoms with Crippen molar-refractivity contribution < 1.29 is 14.3 Å². The molecule has 2 N–H and O–H groups in total. The number of hydrogen-bond acceptors (Lipinski definition) is 3. The minimum absolute atomic E-state index is 0.0349. The molecule has 1 atom stereocenters. The van der Waals surface area contributed by atoms with Crippen molar-refractivity contribution in [3.63, 3.8) is 0 Å². The molecule has 0 radical (unpaired) electrons. The molecule has 0 fully saturated rings. The standard InChI is InChI=1S/C19H20N2O3/c22-18(10-12-20-19(23)14-6-2-1-3-7-14)21-16-11-13-24-17-9-5-4-8-15(16)17/h1-9,16H,10-13H2,(H,20,23)(H,21,22). The number of fused-ring (bicyclic) bond motifs is 1. The molecule has 24 heavy (non-hydrogen) atoms. The Morgan fingerprint density at radius 2 is 1.79 bits per heavy atom. The van der Waals surface area contributed by atoms with E-state index in [9.17, 15) is 9.59 Å². The minimum atomic E-state index is -0.167. The van der Waals surface area contributed by atoms with Gasteiger partial charge in [0.2, 0.25) is 5.91 Å². The Morgan fingerprint density at radius 3 is 2.62 bits per heavy atom. The van der Waals surface area contributed by atoms with Gasteiger partial charge in [-0.05, 0) is 18.2 Å². The molecule has 124 valence electrons. The van der Waals surface area contributed by atoms with Crippen LogP contribution in [0.3, 0.4) is 0 Å². The minimum Gasteiger partial charge on any atom is -0.493 e. The van der Waals surface area contributed by atoms with Gasteiger partial charge in [-0.1, -0.05) is 36.4 Å². The Labute approximate surface area is 141 Å². The maximum atomic E-state index is 12.1. The van der Waals surface area contributed by atoms with Crippen molar-refractivity contribution in [3.05, 3.63) is 65.7 Å². The van der Waals surface area contributed by atoms with E-state index in [1.807, 2.05) is 42.5 Å². The lowest BCUT2D eigenvalue weighted by atomic mass is 10.0. The number of benzene rings is 2. The third kappa shape index (κ3) is 3.93. The average Bonchev–Trinajstić information content (AvgIpc) is 2.63. The number of ether oxygens (including phenoxy) is 1. The van der Waals surface area contributed by atoms with Crippen LogP contribution in [0.2, 0.25) is 0 Å². The second-order valence-electron chi connectivity index (χ2n) is 5.67. The molecule has 0 bridgehead atoms. The molecular weight excluding hydrogens is 304 g/mol. The molecule has 1 heterocycles. The monoisotopic (exact) mass is 324 g/mol. The molecule has 5 heteroatoms. The Balaban J connectivity index is 1.48. The van der Waals surface area contributed by atoms with E-state index in [0.29, 0.717) is 18.7 Å². The van der Waals surface area contributed by atoms with E-state index in [1.54, 1.807) is 12.1 Å². The second kappa shape index (κ2) is 7.64. The molecule has 0 saturated carbocycles. The predicted molar refractivity (Wildman–Crippen MR) is 90.8 cm³/mol. The van der Waals surface area contributed by atoms with Crippen LogP contribution in [0.15, 0.2) is 54.6 Å². The lowest BCUT2D eigenvalue weighted by Gasteiger charge is -2.26. The van der Waals surface area contributed by atoms with Crippen molar-refractivity contribution in [3.8, 4) is 5.75 Å². The normalized spacial score (nSPS) is 15.8. The first-order valence-electron chi connectivity index (χ1n) is 8.08. The molecule has 2 aromatic carbocycles. The summed E-state index contributed by atoms with van der Waals surface area (Å²) in [6, 6.07) is 16.7. The molecule has 5 nitrogen and oxygen atoms in total. The Morgan fingerprint density at radius 1 is 1.04 bits per heavy atom. The third-order valence-electron chi connectivity index (χ3n) is 3.97. The predicted octanol–water partition coefficient (Wildman–Crippen LogP) is 2.45. The fraction of sp³-hybridized carbons (Fsp3) is 0.263. The maximum Gasteiger partial charge on any atom is 0.251 e. The van der Waals surface area contributed by atoms with Gasteiger partial charge in [0.25, 0.3) is 5.91 Å². The van der Waals surface area contributed by atoms with Crippen LogP contribution in [-0.2, 0) is 4.79 Å². The first kappa shape index (κ1) is 16.1. The van der Waals surface area contributed by atoms with E-state index >= 15 is 0 Å². The van der Waals surface area contributed by atoms with Crippen molar-refractivity contribution >= 4 is 11.8 Å². The number of nitrogens with one attached hydrogen (secondary N) is 2. The number of amides is 2. The average molecular weight is 324 g/mol. The van der Waals surface area contributed by atoms with E-state index in [-0.39, 0.29) is 24.3 Å². The molecule has 1 aliphatic heterocycles. The first-order chi connectivity index (χ1) is 11.7. The van der Waals surface area contributed by atoms with Crippen LogP contribution in [0, 0.1) is 0 Å². The van der Waals surface area contributed by atoms with E-state index in [1.165, 1.54) is 0 Å². The smallest absolute Gasteiger partial charge is 0.251 e. The second-order valence-corrected chi connectivity index (χ2v) is 5.67. The largest absolute Gasteiger partial charge is 0.493 e.